The Bertz CT molecular complexity index is 223. The molecule has 0 bridgehead atoms. The van der Waals surface area contributed by atoms with Gasteiger partial charge < -0.3 is 10.6 Å². The molecule has 1 aliphatic heterocycles. The maximum absolute atomic E-state index is 11.2. The molecule has 3 nitrogen and oxygen atoms in total. The van der Waals surface area contributed by atoms with Crippen LogP contribution in [0.1, 0.15) is 32.6 Å². The van der Waals surface area contributed by atoms with Crippen LogP contribution in [0.15, 0.2) is 0 Å². The van der Waals surface area contributed by atoms with Crippen molar-refractivity contribution in [2.75, 3.05) is 25.0 Å². The number of primary amides is 1. The van der Waals surface area contributed by atoms with Gasteiger partial charge in [0.25, 0.3) is 0 Å². The number of hydrogen-bond donors (Lipinski definition) is 1. The quantitative estimate of drug-likeness (QED) is 0.761. The predicted molar refractivity (Wildman–Crippen MR) is 70.6 cm³/mol. The normalized spacial score (nSPS) is 24.2. The van der Waals surface area contributed by atoms with Gasteiger partial charge in [-0.25, -0.2) is 0 Å². The van der Waals surface area contributed by atoms with E-state index in [9.17, 15) is 4.79 Å². The molecule has 2 atom stereocenters. The Morgan fingerprint density at radius 3 is 2.94 bits per heavy atom. The van der Waals surface area contributed by atoms with E-state index in [1.807, 2.05) is 0 Å². The van der Waals surface area contributed by atoms with E-state index in [0.29, 0.717) is 5.92 Å². The Kier molecular flexibility index (Phi) is 6.36. The molecule has 0 radical (unpaired) electrons. The van der Waals surface area contributed by atoms with Crippen LogP contribution in [0.5, 0.6) is 0 Å². The number of likely N-dealkylation sites (tertiary alicyclic amines) is 1. The van der Waals surface area contributed by atoms with Gasteiger partial charge in [0.05, 0.1) is 5.92 Å². The fourth-order valence-corrected chi connectivity index (χ4v) is 2.97. The summed E-state index contributed by atoms with van der Waals surface area (Å²) in [7, 11) is 0. The van der Waals surface area contributed by atoms with Crippen LogP contribution in [0.2, 0.25) is 0 Å². The van der Waals surface area contributed by atoms with Crippen molar-refractivity contribution in [2.45, 2.75) is 32.6 Å². The molecule has 1 rings (SSSR count). The van der Waals surface area contributed by atoms with Gasteiger partial charge in [-0.05, 0) is 31.7 Å². The highest BCUT2D eigenvalue weighted by molar-refractivity contribution is 9.09. The zero-order valence-electron chi connectivity index (χ0n) is 10.1. The average molecular weight is 291 g/mol. The number of alkyl halides is 1. The van der Waals surface area contributed by atoms with Gasteiger partial charge in [-0.3, -0.25) is 4.79 Å². The zero-order chi connectivity index (χ0) is 12.0. The smallest absolute Gasteiger partial charge is 0.221 e. The molecular weight excluding hydrogens is 268 g/mol. The van der Waals surface area contributed by atoms with Gasteiger partial charge in [0.15, 0.2) is 0 Å². The average Bonchev–Trinajstić information content (AvgIpc) is 2.29. The van der Waals surface area contributed by atoms with Crippen molar-refractivity contribution in [1.29, 1.82) is 0 Å². The third-order valence-corrected chi connectivity index (χ3v) is 4.26. The minimum absolute atomic E-state index is 0.0753. The molecule has 4 heteroatoms. The lowest BCUT2D eigenvalue weighted by atomic mass is 9.96. The van der Waals surface area contributed by atoms with Gasteiger partial charge >= 0.3 is 0 Å². The maximum atomic E-state index is 11.2. The highest BCUT2D eigenvalue weighted by atomic mass is 79.9. The number of nitrogens with two attached hydrogens (primary N) is 1. The lowest BCUT2D eigenvalue weighted by molar-refractivity contribution is -0.123. The summed E-state index contributed by atoms with van der Waals surface area (Å²) in [6.07, 6.45) is 4.56. The lowest BCUT2D eigenvalue weighted by Crippen LogP contribution is -2.43. The minimum atomic E-state index is -0.129. The standard InChI is InChI=1S/C12H23BrN2O/c1-2-4-10(7-13)8-15-6-3-5-11(9-15)12(14)16/h10-11H,2-9H2,1H3,(H2,14,16). The van der Waals surface area contributed by atoms with Gasteiger partial charge in [-0.2, -0.15) is 0 Å². The maximum Gasteiger partial charge on any atom is 0.221 e. The van der Waals surface area contributed by atoms with E-state index >= 15 is 0 Å². The first-order valence-electron chi connectivity index (χ1n) is 6.25. The summed E-state index contributed by atoms with van der Waals surface area (Å²) in [5.41, 5.74) is 5.38. The van der Waals surface area contributed by atoms with Gasteiger partial charge in [-0.1, -0.05) is 29.3 Å². The molecule has 0 aromatic rings. The van der Waals surface area contributed by atoms with E-state index in [1.165, 1.54) is 12.8 Å². The molecule has 0 saturated carbocycles. The van der Waals surface area contributed by atoms with E-state index in [2.05, 4.69) is 27.8 Å². The van der Waals surface area contributed by atoms with Gasteiger partial charge in [-0.15, -0.1) is 0 Å². The van der Waals surface area contributed by atoms with Crippen LogP contribution in [0, 0.1) is 11.8 Å². The molecule has 1 aliphatic rings. The number of carbonyl (C=O) groups is 1. The summed E-state index contributed by atoms with van der Waals surface area (Å²) in [6.45, 7) is 5.31. The Balaban J connectivity index is 2.38. The predicted octanol–water partition coefficient (Wildman–Crippen LogP) is 1.99. The van der Waals surface area contributed by atoms with E-state index in [1.54, 1.807) is 0 Å². The molecule has 0 aromatic carbocycles. The number of hydrogen-bond acceptors (Lipinski definition) is 2. The van der Waals surface area contributed by atoms with Crippen molar-refractivity contribution in [1.82, 2.24) is 4.90 Å². The van der Waals surface area contributed by atoms with Crippen LogP contribution in [-0.4, -0.2) is 35.8 Å². The number of piperidine rings is 1. The minimum Gasteiger partial charge on any atom is -0.369 e. The van der Waals surface area contributed by atoms with Gasteiger partial charge in [0.1, 0.15) is 0 Å². The molecule has 0 aliphatic carbocycles. The van der Waals surface area contributed by atoms with Gasteiger partial charge in [0, 0.05) is 18.4 Å². The summed E-state index contributed by atoms with van der Waals surface area (Å²) in [6, 6.07) is 0. The van der Waals surface area contributed by atoms with Crippen molar-refractivity contribution in [2.24, 2.45) is 17.6 Å². The van der Waals surface area contributed by atoms with Crippen LogP contribution in [0.25, 0.3) is 0 Å². The molecule has 0 spiro atoms. The monoisotopic (exact) mass is 290 g/mol. The molecular formula is C12H23BrN2O. The number of rotatable bonds is 6. The van der Waals surface area contributed by atoms with Crippen molar-refractivity contribution in [3.63, 3.8) is 0 Å². The summed E-state index contributed by atoms with van der Waals surface area (Å²) < 4.78 is 0. The number of nitrogens with zero attached hydrogens (tertiary/aromatic N) is 1. The molecule has 1 fully saturated rings. The summed E-state index contributed by atoms with van der Waals surface area (Å²) in [5.74, 6) is 0.651. The van der Waals surface area contributed by atoms with Crippen LogP contribution in [0.3, 0.4) is 0 Å². The Hall–Kier alpha value is -0.0900. The Labute approximate surface area is 107 Å². The number of carbonyl (C=O) groups excluding carboxylic acids is 1. The SMILES string of the molecule is CCCC(CBr)CN1CCCC(C(N)=O)C1. The number of amides is 1. The second-order valence-electron chi connectivity index (χ2n) is 4.81. The molecule has 16 heavy (non-hydrogen) atoms. The van der Waals surface area contributed by atoms with Gasteiger partial charge in [0.2, 0.25) is 5.91 Å². The van der Waals surface area contributed by atoms with Crippen LogP contribution < -0.4 is 5.73 Å². The highest BCUT2D eigenvalue weighted by Crippen LogP contribution is 2.19. The zero-order valence-corrected chi connectivity index (χ0v) is 11.7. The van der Waals surface area contributed by atoms with Crippen molar-refractivity contribution >= 4 is 21.8 Å². The van der Waals surface area contributed by atoms with Crippen LogP contribution >= 0.6 is 15.9 Å². The third-order valence-electron chi connectivity index (χ3n) is 3.34. The van der Waals surface area contributed by atoms with Crippen molar-refractivity contribution < 1.29 is 4.79 Å². The lowest BCUT2D eigenvalue weighted by Gasteiger charge is -2.33. The van der Waals surface area contributed by atoms with Crippen LogP contribution in [-0.2, 0) is 4.79 Å². The molecule has 0 aromatic heterocycles. The molecule has 1 saturated heterocycles. The van der Waals surface area contributed by atoms with E-state index < -0.39 is 0 Å². The number of halogens is 1. The molecule has 2 N–H and O–H groups in total. The molecule has 2 unspecified atom stereocenters. The fourth-order valence-electron chi connectivity index (χ4n) is 2.44. The van der Waals surface area contributed by atoms with Crippen LogP contribution in [0.4, 0.5) is 0 Å². The summed E-state index contributed by atoms with van der Waals surface area (Å²) in [4.78, 5) is 13.6. The second kappa shape index (κ2) is 7.28. The summed E-state index contributed by atoms with van der Waals surface area (Å²) >= 11 is 3.57. The van der Waals surface area contributed by atoms with Crippen molar-refractivity contribution in [3.05, 3.63) is 0 Å². The fraction of sp³-hybridized carbons (Fsp3) is 0.917. The third kappa shape index (κ3) is 4.42. The van der Waals surface area contributed by atoms with E-state index in [4.69, 9.17) is 5.73 Å². The second-order valence-corrected chi connectivity index (χ2v) is 5.46. The largest absolute Gasteiger partial charge is 0.369 e. The topological polar surface area (TPSA) is 46.3 Å². The first-order chi connectivity index (χ1) is 7.67. The molecule has 1 heterocycles. The van der Waals surface area contributed by atoms with E-state index in [0.717, 1.165) is 37.8 Å². The Morgan fingerprint density at radius 2 is 2.38 bits per heavy atom. The summed E-state index contributed by atoms with van der Waals surface area (Å²) in [5, 5.41) is 1.05. The van der Waals surface area contributed by atoms with Crippen molar-refractivity contribution in [3.8, 4) is 0 Å². The van der Waals surface area contributed by atoms with E-state index in [-0.39, 0.29) is 11.8 Å². The highest BCUT2D eigenvalue weighted by Gasteiger charge is 2.25. The Morgan fingerprint density at radius 1 is 1.62 bits per heavy atom. The first-order valence-corrected chi connectivity index (χ1v) is 7.37. The first kappa shape index (κ1) is 14.0. The molecule has 1 amide bonds. The molecule has 94 valence electrons.